The molecule has 0 aliphatic carbocycles. The van der Waals surface area contributed by atoms with Crippen molar-refractivity contribution < 1.29 is 13.2 Å². The molecule has 25 heavy (non-hydrogen) atoms. The Bertz CT molecular complexity index is 695. The monoisotopic (exact) mass is 367 g/mol. The van der Waals surface area contributed by atoms with E-state index in [0.29, 0.717) is 43.6 Å². The largest absolute Gasteiger partial charge is 0.352 e. The van der Waals surface area contributed by atoms with E-state index >= 15 is 0 Å². The van der Waals surface area contributed by atoms with Gasteiger partial charge < -0.3 is 11.1 Å². The van der Waals surface area contributed by atoms with Crippen molar-refractivity contribution in [3.8, 4) is 0 Å². The third-order valence-corrected chi connectivity index (χ3v) is 6.41. The SMILES string of the molecule is CC(CN)CNC(=O)c1cccc(S(=O)(=O)N2CC(C)CC(C)C2)c1. The van der Waals surface area contributed by atoms with Crippen molar-refractivity contribution >= 4 is 15.9 Å². The second-order valence-corrected chi connectivity index (χ2v) is 9.28. The number of hydrogen-bond acceptors (Lipinski definition) is 4. The molecular weight excluding hydrogens is 338 g/mol. The van der Waals surface area contributed by atoms with E-state index < -0.39 is 10.0 Å². The van der Waals surface area contributed by atoms with Crippen LogP contribution in [0.15, 0.2) is 29.2 Å². The Labute approximate surface area is 150 Å². The first-order chi connectivity index (χ1) is 11.7. The molecule has 1 amide bonds. The second-order valence-electron chi connectivity index (χ2n) is 7.35. The van der Waals surface area contributed by atoms with Gasteiger partial charge in [-0.25, -0.2) is 8.42 Å². The maximum absolute atomic E-state index is 12.9. The van der Waals surface area contributed by atoms with Crippen LogP contribution in [0.1, 0.15) is 37.6 Å². The normalized spacial score (nSPS) is 23.2. The molecule has 1 aliphatic heterocycles. The first-order valence-electron chi connectivity index (χ1n) is 8.82. The Morgan fingerprint density at radius 2 is 1.96 bits per heavy atom. The van der Waals surface area contributed by atoms with Gasteiger partial charge in [0.1, 0.15) is 0 Å². The summed E-state index contributed by atoms with van der Waals surface area (Å²) < 4.78 is 27.4. The summed E-state index contributed by atoms with van der Waals surface area (Å²) in [7, 11) is -3.59. The predicted molar refractivity (Wildman–Crippen MR) is 98.7 cm³/mol. The number of piperidine rings is 1. The molecule has 1 aromatic rings. The zero-order chi connectivity index (χ0) is 18.6. The zero-order valence-corrected chi connectivity index (χ0v) is 16.1. The maximum atomic E-state index is 12.9. The van der Waals surface area contributed by atoms with E-state index in [0.717, 1.165) is 6.42 Å². The lowest BCUT2D eigenvalue weighted by atomic mass is 9.94. The van der Waals surface area contributed by atoms with E-state index in [4.69, 9.17) is 5.73 Å². The van der Waals surface area contributed by atoms with Crippen LogP contribution in [0, 0.1) is 17.8 Å². The molecule has 1 heterocycles. The standard InChI is InChI=1S/C18H29N3O3S/c1-13-7-14(2)12-21(11-13)25(23,24)17-6-4-5-16(8-17)18(22)20-10-15(3)9-19/h4-6,8,13-15H,7,9-12,19H2,1-3H3,(H,20,22). The van der Waals surface area contributed by atoms with Gasteiger partial charge >= 0.3 is 0 Å². The smallest absolute Gasteiger partial charge is 0.251 e. The molecule has 0 bridgehead atoms. The molecule has 0 saturated carbocycles. The first kappa shape index (κ1) is 19.9. The molecule has 7 heteroatoms. The zero-order valence-electron chi connectivity index (χ0n) is 15.2. The minimum Gasteiger partial charge on any atom is -0.352 e. The van der Waals surface area contributed by atoms with Crippen molar-refractivity contribution in [3.63, 3.8) is 0 Å². The van der Waals surface area contributed by atoms with Gasteiger partial charge in [0, 0.05) is 25.2 Å². The highest BCUT2D eigenvalue weighted by Gasteiger charge is 2.31. The molecule has 6 nitrogen and oxygen atoms in total. The number of nitrogens with zero attached hydrogens (tertiary/aromatic N) is 1. The van der Waals surface area contributed by atoms with Crippen molar-refractivity contribution in [1.29, 1.82) is 0 Å². The summed E-state index contributed by atoms with van der Waals surface area (Å²) in [6.45, 7) is 8.09. The molecule has 1 aliphatic rings. The van der Waals surface area contributed by atoms with Gasteiger partial charge in [-0.15, -0.1) is 0 Å². The van der Waals surface area contributed by atoms with Crippen LogP contribution >= 0.6 is 0 Å². The Balaban J connectivity index is 2.18. The van der Waals surface area contributed by atoms with E-state index in [9.17, 15) is 13.2 Å². The van der Waals surface area contributed by atoms with E-state index in [2.05, 4.69) is 19.2 Å². The first-order valence-corrected chi connectivity index (χ1v) is 10.3. The minimum atomic E-state index is -3.59. The Morgan fingerprint density at radius 3 is 2.56 bits per heavy atom. The summed E-state index contributed by atoms with van der Waals surface area (Å²) in [5.74, 6) is 0.565. The van der Waals surface area contributed by atoms with Crippen molar-refractivity contribution in [2.24, 2.45) is 23.5 Å². The molecule has 3 N–H and O–H groups in total. The number of carbonyl (C=O) groups is 1. The van der Waals surface area contributed by atoms with Crippen LogP contribution in [0.3, 0.4) is 0 Å². The molecule has 0 spiro atoms. The molecule has 1 saturated heterocycles. The van der Waals surface area contributed by atoms with E-state index in [1.54, 1.807) is 22.5 Å². The van der Waals surface area contributed by atoms with Crippen LogP contribution in [-0.2, 0) is 10.0 Å². The lowest BCUT2D eigenvalue weighted by Gasteiger charge is -2.34. The van der Waals surface area contributed by atoms with Crippen LogP contribution in [0.5, 0.6) is 0 Å². The molecule has 3 unspecified atom stereocenters. The van der Waals surface area contributed by atoms with Crippen molar-refractivity contribution in [1.82, 2.24) is 9.62 Å². The van der Waals surface area contributed by atoms with E-state index in [-0.39, 0.29) is 16.7 Å². The van der Waals surface area contributed by atoms with Gasteiger partial charge in [-0.2, -0.15) is 4.31 Å². The minimum absolute atomic E-state index is 0.173. The Hall–Kier alpha value is -1.44. The number of sulfonamides is 1. The molecular formula is C18H29N3O3S. The molecule has 0 aromatic heterocycles. The summed E-state index contributed by atoms with van der Waals surface area (Å²) in [4.78, 5) is 12.4. The highest BCUT2D eigenvalue weighted by molar-refractivity contribution is 7.89. The third kappa shape index (κ3) is 5.03. The number of benzene rings is 1. The lowest BCUT2D eigenvalue weighted by Crippen LogP contribution is -2.42. The molecule has 0 radical (unpaired) electrons. The molecule has 2 rings (SSSR count). The topological polar surface area (TPSA) is 92.5 Å². The van der Waals surface area contributed by atoms with Crippen LogP contribution in [-0.4, -0.2) is 44.8 Å². The van der Waals surface area contributed by atoms with Gasteiger partial charge in [0.25, 0.3) is 5.91 Å². The summed E-state index contributed by atoms with van der Waals surface area (Å²) >= 11 is 0. The number of amides is 1. The second kappa shape index (κ2) is 8.29. The Kier molecular flexibility index (Phi) is 6.59. The highest BCUT2D eigenvalue weighted by Crippen LogP contribution is 2.27. The number of nitrogens with two attached hydrogens (primary N) is 1. The number of nitrogens with one attached hydrogen (secondary N) is 1. The van der Waals surface area contributed by atoms with Crippen molar-refractivity contribution in [2.45, 2.75) is 32.1 Å². The van der Waals surface area contributed by atoms with Gasteiger partial charge in [0.2, 0.25) is 10.0 Å². The van der Waals surface area contributed by atoms with Crippen LogP contribution < -0.4 is 11.1 Å². The van der Waals surface area contributed by atoms with Crippen LogP contribution in [0.2, 0.25) is 0 Å². The number of carbonyl (C=O) groups excluding carboxylic acids is 1. The fourth-order valence-corrected chi connectivity index (χ4v) is 4.93. The van der Waals surface area contributed by atoms with Gasteiger partial charge in [-0.1, -0.05) is 26.8 Å². The predicted octanol–water partition coefficient (Wildman–Crippen LogP) is 1.68. The maximum Gasteiger partial charge on any atom is 0.251 e. The summed E-state index contributed by atoms with van der Waals surface area (Å²) in [6, 6.07) is 6.26. The summed E-state index contributed by atoms with van der Waals surface area (Å²) in [5, 5.41) is 2.79. The third-order valence-electron chi connectivity index (χ3n) is 4.58. The number of hydrogen-bond donors (Lipinski definition) is 2. The summed E-state index contributed by atoms with van der Waals surface area (Å²) in [6.07, 6.45) is 1.04. The molecule has 140 valence electrons. The van der Waals surface area contributed by atoms with Gasteiger partial charge in [-0.3, -0.25) is 4.79 Å². The van der Waals surface area contributed by atoms with Crippen molar-refractivity contribution in [2.75, 3.05) is 26.2 Å². The van der Waals surface area contributed by atoms with Crippen LogP contribution in [0.25, 0.3) is 0 Å². The van der Waals surface area contributed by atoms with E-state index in [1.807, 2.05) is 6.92 Å². The van der Waals surface area contributed by atoms with Gasteiger partial charge in [0.15, 0.2) is 0 Å². The van der Waals surface area contributed by atoms with Crippen molar-refractivity contribution in [3.05, 3.63) is 29.8 Å². The molecule has 3 atom stereocenters. The fourth-order valence-electron chi connectivity index (χ4n) is 3.20. The average molecular weight is 368 g/mol. The molecule has 1 aromatic carbocycles. The molecule has 1 fully saturated rings. The summed E-state index contributed by atoms with van der Waals surface area (Å²) in [5.41, 5.74) is 5.90. The number of rotatable bonds is 6. The van der Waals surface area contributed by atoms with Crippen LogP contribution in [0.4, 0.5) is 0 Å². The fraction of sp³-hybridized carbons (Fsp3) is 0.611. The van der Waals surface area contributed by atoms with Gasteiger partial charge in [0.05, 0.1) is 4.90 Å². The Morgan fingerprint density at radius 1 is 1.32 bits per heavy atom. The van der Waals surface area contributed by atoms with Gasteiger partial charge in [-0.05, 0) is 48.9 Å². The average Bonchev–Trinajstić information content (AvgIpc) is 2.58. The lowest BCUT2D eigenvalue weighted by molar-refractivity contribution is 0.0948. The quantitative estimate of drug-likeness (QED) is 0.800. The highest BCUT2D eigenvalue weighted by atomic mass is 32.2. The van der Waals surface area contributed by atoms with E-state index in [1.165, 1.54) is 6.07 Å².